The van der Waals surface area contributed by atoms with Gasteiger partial charge in [0.2, 0.25) is 5.91 Å². The lowest BCUT2D eigenvalue weighted by Gasteiger charge is -2.41. The van der Waals surface area contributed by atoms with Crippen molar-refractivity contribution in [1.82, 2.24) is 15.2 Å². The average molecular weight is 305 g/mol. The summed E-state index contributed by atoms with van der Waals surface area (Å²) in [5.41, 5.74) is 1.06. The maximum atomic E-state index is 12.7. The third kappa shape index (κ3) is 4.52. The van der Waals surface area contributed by atoms with Gasteiger partial charge in [-0.25, -0.2) is 0 Å². The molecule has 0 aromatic carbocycles. The van der Waals surface area contributed by atoms with E-state index in [1.165, 1.54) is 0 Å². The van der Waals surface area contributed by atoms with Crippen LogP contribution in [0.2, 0.25) is 0 Å². The van der Waals surface area contributed by atoms with E-state index in [0.717, 1.165) is 18.7 Å². The van der Waals surface area contributed by atoms with Crippen LogP contribution in [-0.2, 0) is 16.1 Å². The molecule has 1 fully saturated rings. The lowest BCUT2D eigenvalue weighted by atomic mass is 9.99. The van der Waals surface area contributed by atoms with Crippen molar-refractivity contribution in [3.63, 3.8) is 0 Å². The Morgan fingerprint density at radius 1 is 1.32 bits per heavy atom. The number of carbonyl (C=O) groups is 1. The van der Waals surface area contributed by atoms with Gasteiger partial charge in [-0.05, 0) is 37.5 Å². The standard InChI is InChI=1S/C17H27N3O2/c1-12(2)16(20-10-13(3)22-14(4)11-20)17(21)19-9-15-5-7-18-8-6-15/h5-8,12-14,16H,9-11H2,1-4H3,(H,19,21)/t13-,14-,16-/m1/s1. The van der Waals surface area contributed by atoms with Gasteiger partial charge in [0, 0.05) is 32.0 Å². The lowest BCUT2D eigenvalue weighted by Crippen LogP contribution is -2.56. The van der Waals surface area contributed by atoms with E-state index in [1.54, 1.807) is 12.4 Å². The zero-order valence-electron chi connectivity index (χ0n) is 14.0. The minimum Gasteiger partial charge on any atom is -0.373 e. The summed E-state index contributed by atoms with van der Waals surface area (Å²) in [5.74, 6) is 0.350. The van der Waals surface area contributed by atoms with E-state index in [4.69, 9.17) is 4.74 Å². The highest BCUT2D eigenvalue weighted by molar-refractivity contribution is 5.82. The van der Waals surface area contributed by atoms with Crippen LogP contribution in [0.3, 0.4) is 0 Å². The van der Waals surface area contributed by atoms with Crippen LogP contribution in [0.25, 0.3) is 0 Å². The molecule has 2 rings (SSSR count). The van der Waals surface area contributed by atoms with E-state index < -0.39 is 0 Å². The van der Waals surface area contributed by atoms with Gasteiger partial charge in [-0.3, -0.25) is 14.7 Å². The van der Waals surface area contributed by atoms with Crippen LogP contribution in [0.1, 0.15) is 33.3 Å². The zero-order chi connectivity index (χ0) is 16.1. The van der Waals surface area contributed by atoms with Crippen LogP contribution in [-0.4, -0.2) is 47.1 Å². The number of carbonyl (C=O) groups excluding carboxylic acids is 1. The molecule has 2 heterocycles. The Balaban J connectivity index is 1.99. The van der Waals surface area contributed by atoms with E-state index in [-0.39, 0.29) is 30.1 Å². The Bertz CT molecular complexity index is 468. The molecule has 0 bridgehead atoms. The normalized spacial score (nSPS) is 24.2. The van der Waals surface area contributed by atoms with E-state index in [0.29, 0.717) is 6.54 Å². The van der Waals surface area contributed by atoms with E-state index in [1.807, 2.05) is 12.1 Å². The summed E-state index contributed by atoms with van der Waals surface area (Å²) in [6, 6.07) is 3.73. The molecule has 0 spiro atoms. The SMILES string of the molecule is CC(C)[C@H](C(=O)NCc1ccncc1)N1C[C@@H](C)O[C@H](C)C1. The highest BCUT2D eigenvalue weighted by Gasteiger charge is 2.33. The fraction of sp³-hybridized carbons (Fsp3) is 0.647. The summed E-state index contributed by atoms with van der Waals surface area (Å²) in [4.78, 5) is 18.9. The van der Waals surface area contributed by atoms with Gasteiger partial charge >= 0.3 is 0 Å². The van der Waals surface area contributed by atoms with Crippen LogP contribution >= 0.6 is 0 Å². The highest BCUT2D eigenvalue weighted by Crippen LogP contribution is 2.18. The molecule has 1 aliphatic rings. The Morgan fingerprint density at radius 2 is 1.91 bits per heavy atom. The van der Waals surface area contributed by atoms with Crippen molar-refractivity contribution in [3.8, 4) is 0 Å². The van der Waals surface area contributed by atoms with Crippen molar-refractivity contribution in [3.05, 3.63) is 30.1 Å². The second kappa shape index (κ2) is 7.70. The number of morpholine rings is 1. The predicted octanol–water partition coefficient (Wildman–Crippen LogP) is 1.83. The fourth-order valence-corrected chi connectivity index (χ4v) is 3.13. The van der Waals surface area contributed by atoms with Crippen LogP contribution in [0.5, 0.6) is 0 Å². The number of ether oxygens (including phenoxy) is 1. The molecule has 5 heteroatoms. The molecule has 0 saturated carbocycles. The van der Waals surface area contributed by atoms with Gasteiger partial charge in [0.25, 0.3) is 0 Å². The number of nitrogens with zero attached hydrogens (tertiary/aromatic N) is 2. The Hall–Kier alpha value is -1.46. The molecule has 0 radical (unpaired) electrons. The quantitative estimate of drug-likeness (QED) is 0.902. The first kappa shape index (κ1) is 16.9. The van der Waals surface area contributed by atoms with Crippen molar-refractivity contribution in [1.29, 1.82) is 0 Å². The number of hydrogen-bond donors (Lipinski definition) is 1. The minimum absolute atomic E-state index is 0.0908. The molecule has 1 aliphatic heterocycles. The first-order valence-corrected chi connectivity index (χ1v) is 8.03. The maximum Gasteiger partial charge on any atom is 0.237 e. The molecule has 3 atom stereocenters. The molecule has 1 saturated heterocycles. The predicted molar refractivity (Wildman–Crippen MR) is 86.3 cm³/mol. The Morgan fingerprint density at radius 3 is 2.45 bits per heavy atom. The van der Waals surface area contributed by atoms with Crippen LogP contribution in [0.4, 0.5) is 0 Å². The van der Waals surface area contributed by atoms with Gasteiger partial charge in [0.1, 0.15) is 0 Å². The maximum absolute atomic E-state index is 12.7. The Labute approximate surface area is 133 Å². The third-order valence-electron chi connectivity index (χ3n) is 3.96. The van der Waals surface area contributed by atoms with Crippen LogP contribution in [0, 0.1) is 5.92 Å². The van der Waals surface area contributed by atoms with Crippen LogP contribution < -0.4 is 5.32 Å². The number of amides is 1. The fourth-order valence-electron chi connectivity index (χ4n) is 3.13. The molecule has 122 valence electrons. The number of hydrogen-bond acceptors (Lipinski definition) is 4. The summed E-state index contributed by atoms with van der Waals surface area (Å²) in [6.45, 7) is 10.5. The second-order valence-electron chi connectivity index (χ2n) is 6.47. The molecular formula is C17H27N3O2. The topological polar surface area (TPSA) is 54.5 Å². The molecule has 0 unspecified atom stereocenters. The van der Waals surface area contributed by atoms with Crippen molar-refractivity contribution < 1.29 is 9.53 Å². The first-order chi connectivity index (χ1) is 10.5. The number of pyridine rings is 1. The first-order valence-electron chi connectivity index (χ1n) is 8.03. The highest BCUT2D eigenvalue weighted by atomic mass is 16.5. The van der Waals surface area contributed by atoms with Gasteiger partial charge in [0.05, 0.1) is 18.2 Å². The molecule has 1 aromatic rings. The molecule has 1 amide bonds. The van der Waals surface area contributed by atoms with Gasteiger partial charge in [0.15, 0.2) is 0 Å². The van der Waals surface area contributed by atoms with Crippen molar-refractivity contribution in [2.24, 2.45) is 5.92 Å². The van der Waals surface area contributed by atoms with Crippen molar-refractivity contribution >= 4 is 5.91 Å². The number of nitrogens with one attached hydrogen (secondary N) is 1. The molecule has 1 aromatic heterocycles. The summed E-state index contributed by atoms with van der Waals surface area (Å²) >= 11 is 0. The lowest BCUT2D eigenvalue weighted by molar-refractivity contribution is -0.135. The molecule has 1 N–H and O–H groups in total. The minimum atomic E-state index is -0.115. The molecule has 0 aliphatic carbocycles. The number of aromatic nitrogens is 1. The smallest absolute Gasteiger partial charge is 0.237 e. The van der Waals surface area contributed by atoms with Crippen LogP contribution in [0.15, 0.2) is 24.5 Å². The van der Waals surface area contributed by atoms with Gasteiger partial charge in [-0.2, -0.15) is 0 Å². The summed E-state index contributed by atoms with van der Waals surface area (Å²) in [7, 11) is 0. The molecule has 22 heavy (non-hydrogen) atoms. The molecule has 5 nitrogen and oxygen atoms in total. The Kier molecular flexibility index (Phi) is 5.91. The monoisotopic (exact) mass is 305 g/mol. The van der Waals surface area contributed by atoms with Crippen molar-refractivity contribution in [2.75, 3.05) is 13.1 Å². The van der Waals surface area contributed by atoms with E-state index in [9.17, 15) is 4.79 Å². The average Bonchev–Trinajstić information content (AvgIpc) is 2.45. The van der Waals surface area contributed by atoms with Gasteiger partial charge in [-0.15, -0.1) is 0 Å². The van der Waals surface area contributed by atoms with E-state index >= 15 is 0 Å². The largest absolute Gasteiger partial charge is 0.373 e. The molecular weight excluding hydrogens is 278 g/mol. The second-order valence-corrected chi connectivity index (χ2v) is 6.47. The summed E-state index contributed by atoms with van der Waals surface area (Å²) in [5, 5.41) is 3.06. The van der Waals surface area contributed by atoms with Crippen molar-refractivity contribution in [2.45, 2.75) is 52.5 Å². The van der Waals surface area contributed by atoms with Gasteiger partial charge < -0.3 is 10.1 Å². The summed E-state index contributed by atoms with van der Waals surface area (Å²) < 4.78 is 5.77. The summed E-state index contributed by atoms with van der Waals surface area (Å²) in [6.07, 6.45) is 3.82. The third-order valence-corrected chi connectivity index (χ3v) is 3.96. The van der Waals surface area contributed by atoms with Gasteiger partial charge in [-0.1, -0.05) is 13.8 Å². The zero-order valence-corrected chi connectivity index (χ0v) is 14.0. The van der Waals surface area contributed by atoms with E-state index in [2.05, 4.69) is 42.9 Å². The number of rotatable bonds is 5.